The fraction of sp³-hybridized carbons (Fsp3) is 0.571. The van der Waals surface area contributed by atoms with Crippen LogP contribution in [0.4, 0.5) is 0 Å². The maximum Gasteiger partial charge on any atom is 0.123 e. The molecule has 2 atom stereocenters. The van der Waals surface area contributed by atoms with Crippen LogP contribution in [0.15, 0.2) is 24.3 Å². The summed E-state index contributed by atoms with van der Waals surface area (Å²) >= 11 is 0. The van der Waals surface area contributed by atoms with Crippen molar-refractivity contribution in [3.8, 4) is 11.5 Å². The second-order valence-electron chi connectivity index (χ2n) is 4.22. The summed E-state index contributed by atoms with van der Waals surface area (Å²) < 4.78 is 10.9. The third kappa shape index (κ3) is 5.38. The van der Waals surface area contributed by atoms with Gasteiger partial charge in [-0.05, 0) is 25.0 Å². The summed E-state index contributed by atoms with van der Waals surface area (Å²) in [6, 6.07) is 7.20. The Morgan fingerprint density at radius 1 is 0.944 bits per heavy atom. The van der Waals surface area contributed by atoms with Gasteiger partial charge in [0.1, 0.15) is 24.7 Å². The molecule has 0 aliphatic rings. The minimum Gasteiger partial charge on any atom is -0.491 e. The molecule has 0 amide bonds. The van der Waals surface area contributed by atoms with E-state index >= 15 is 0 Å². The molecule has 1 rings (SSSR count). The number of hydrogen-bond donors (Lipinski definition) is 2. The molecule has 0 bridgehead atoms. The molecule has 0 aromatic heterocycles. The SMILES string of the molecule is CCC(O)COc1cccc(OCC(O)CC)c1. The highest BCUT2D eigenvalue weighted by Crippen LogP contribution is 2.20. The standard InChI is InChI=1S/C14H22O4/c1-3-11(15)9-17-13-6-5-7-14(8-13)18-10-12(16)4-2/h5-8,11-12,15-16H,3-4,9-10H2,1-2H3. The Hall–Kier alpha value is -1.26. The van der Waals surface area contributed by atoms with Crippen LogP contribution in [-0.2, 0) is 0 Å². The largest absolute Gasteiger partial charge is 0.491 e. The monoisotopic (exact) mass is 254 g/mol. The highest BCUT2D eigenvalue weighted by atomic mass is 16.5. The van der Waals surface area contributed by atoms with Gasteiger partial charge in [-0.2, -0.15) is 0 Å². The third-order valence-corrected chi connectivity index (χ3v) is 2.63. The Labute approximate surface area is 108 Å². The molecule has 0 aliphatic heterocycles. The third-order valence-electron chi connectivity index (χ3n) is 2.63. The lowest BCUT2D eigenvalue weighted by molar-refractivity contribution is 0.100. The van der Waals surface area contributed by atoms with Crippen molar-refractivity contribution in [2.24, 2.45) is 0 Å². The van der Waals surface area contributed by atoms with Gasteiger partial charge in [-0.1, -0.05) is 19.9 Å². The lowest BCUT2D eigenvalue weighted by Crippen LogP contribution is -2.17. The smallest absolute Gasteiger partial charge is 0.123 e. The Bertz CT molecular complexity index is 311. The van der Waals surface area contributed by atoms with E-state index in [1.54, 1.807) is 6.07 Å². The van der Waals surface area contributed by atoms with E-state index in [4.69, 9.17) is 9.47 Å². The number of rotatable bonds is 8. The predicted molar refractivity (Wildman–Crippen MR) is 70.0 cm³/mol. The van der Waals surface area contributed by atoms with Gasteiger partial charge in [-0.15, -0.1) is 0 Å². The molecular formula is C14H22O4. The highest BCUT2D eigenvalue weighted by molar-refractivity contribution is 5.32. The van der Waals surface area contributed by atoms with E-state index in [9.17, 15) is 10.2 Å². The van der Waals surface area contributed by atoms with Gasteiger partial charge in [-0.25, -0.2) is 0 Å². The molecule has 4 heteroatoms. The van der Waals surface area contributed by atoms with Gasteiger partial charge < -0.3 is 19.7 Å². The maximum absolute atomic E-state index is 9.41. The fourth-order valence-corrected chi connectivity index (χ4v) is 1.27. The Kier molecular flexibility index (Phi) is 6.54. The predicted octanol–water partition coefficient (Wildman–Crippen LogP) is 1.99. The van der Waals surface area contributed by atoms with Gasteiger partial charge in [-0.3, -0.25) is 0 Å². The molecule has 4 nitrogen and oxygen atoms in total. The molecule has 0 heterocycles. The van der Waals surface area contributed by atoms with E-state index in [1.165, 1.54) is 0 Å². The summed E-state index contributed by atoms with van der Waals surface area (Å²) in [6.45, 7) is 4.36. The van der Waals surface area contributed by atoms with E-state index in [2.05, 4.69) is 0 Å². The van der Waals surface area contributed by atoms with Crippen molar-refractivity contribution in [2.75, 3.05) is 13.2 Å². The number of aliphatic hydroxyl groups excluding tert-OH is 2. The van der Waals surface area contributed by atoms with Crippen molar-refractivity contribution in [1.29, 1.82) is 0 Å². The van der Waals surface area contributed by atoms with Gasteiger partial charge in [0.2, 0.25) is 0 Å². The van der Waals surface area contributed by atoms with Gasteiger partial charge in [0.25, 0.3) is 0 Å². The molecule has 18 heavy (non-hydrogen) atoms. The quantitative estimate of drug-likeness (QED) is 0.745. The maximum atomic E-state index is 9.41. The molecule has 1 aromatic carbocycles. The summed E-state index contributed by atoms with van der Waals surface area (Å²) in [5, 5.41) is 18.8. The van der Waals surface area contributed by atoms with E-state index in [0.29, 0.717) is 24.3 Å². The summed E-state index contributed by atoms with van der Waals surface area (Å²) in [5.74, 6) is 1.32. The second-order valence-corrected chi connectivity index (χ2v) is 4.22. The van der Waals surface area contributed by atoms with Crippen molar-refractivity contribution in [3.05, 3.63) is 24.3 Å². The number of benzene rings is 1. The van der Waals surface area contributed by atoms with Gasteiger partial charge in [0, 0.05) is 6.07 Å². The van der Waals surface area contributed by atoms with Crippen LogP contribution in [0.5, 0.6) is 11.5 Å². The minimum absolute atomic E-state index is 0.275. The van der Waals surface area contributed by atoms with E-state index in [-0.39, 0.29) is 13.2 Å². The molecule has 0 fully saturated rings. The van der Waals surface area contributed by atoms with Crippen LogP contribution >= 0.6 is 0 Å². The highest BCUT2D eigenvalue weighted by Gasteiger charge is 2.05. The lowest BCUT2D eigenvalue weighted by atomic mass is 10.3. The molecule has 0 saturated heterocycles. The van der Waals surface area contributed by atoms with Crippen LogP contribution in [0.2, 0.25) is 0 Å². The topological polar surface area (TPSA) is 58.9 Å². The molecule has 2 unspecified atom stereocenters. The normalized spacial score (nSPS) is 14.0. The Morgan fingerprint density at radius 3 is 1.78 bits per heavy atom. The van der Waals surface area contributed by atoms with E-state index in [0.717, 1.165) is 0 Å². The Morgan fingerprint density at radius 2 is 1.39 bits per heavy atom. The first-order valence-corrected chi connectivity index (χ1v) is 6.37. The number of aliphatic hydroxyl groups is 2. The number of ether oxygens (including phenoxy) is 2. The molecule has 1 aromatic rings. The molecule has 2 N–H and O–H groups in total. The van der Waals surface area contributed by atoms with E-state index in [1.807, 2.05) is 32.0 Å². The number of hydrogen-bond acceptors (Lipinski definition) is 4. The summed E-state index contributed by atoms with van der Waals surface area (Å²) in [5.41, 5.74) is 0. The van der Waals surface area contributed by atoms with Crippen molar-refractivity contribution in [1.82, 2.24) is 0 Å². The average Bonchev–Trinajstić information content (AvgIpc) is 2.42. The molecule has 0 radical (unpaired) electrons. The van der Waals surface area contributed by atoms with Crippen LogP contribution in [0.25, 0.3) is 0 Å². The summed E-state index contributed by atoms with van der Waals surface area (Å²) in [6.07, 6.45) is 0.436. The van der Waals surface area contributed by atoms with Crippen LogP contribution in [0.3, 0.4) is 0 Å². The van der Waals surface area contributed by atoms with Gasteiger partial charge >= 0.3 is 0 Å². The second kappa shape index (κ2) is 7.95. The van der Waals surface area contributed by atoms with E-state index < -0.39 is 12.2 Å². The average molecular weight is 254 g/mol. The molecule has 102 valence electrons. The summed E-state index contributed by atoms with van der Waals surface area (Å²) in [7, 11) is 0. The first-order chi connectivity index (χ1) is 8.65. The Balaban J connectivity index is 2.46. The van der Waals surface area contributed by atoms with Crippen molar-refractivity contribution >= 4 is 0 Å². The first-order valence-electron chi connectivity index (χ1n) is 6.37. The van der Waals surface area contributed by atoms with Crippen LogP contribution in [0.1, 0.15) is 26.7 Å². The van der Waals surface area contributed by atoms with Crippen molar-refractivity contribution < 1.29 is 19.7 Å². The minimum atomic E-state index is -0.448. The molecular weight excluding hydrogens is 232 g/mol. The van der Waals surface area contributed by atoms with Crippen LogP contribution in [-0.4, -0.2) is 35.6 Å². The van der Waals surface area contributed by atoms with Crippen LogP contribution < -0.4 is 9.47 Å². The van der Waals surface area contributed by atoms with Crippen LogP contribution in [0, 0.1) is 0 Å². The molecule has 0 spiro atoms. The van der Waals surface area contributed by atoms with Crippen molar-refractivity contribution in [3.63, 3.8) is 0 Å². The summed E-state index contributed by atoms with van der Waals surface area (Å²) in [4.78, 5) is 0. The van der Waals surface area contributed by atoms with Gasteiger partial charge in [0.05, 0.1) is 12.2 Å². The first kappa shape index (κ1) is 14.8. The zero-order valence-corrected chi connectivity index (χ0v) is 11.0. The molecule has 0 saturated carbocycles. The fourth-order valence-electron chi connectivity index (χ4n) is 1.27. The van der Waals surface area contributed by atoms with Gasteiger partial charge in [0.15, 0.2) is 0 Å². The zero-order valence-electron chi connectivity index (χ0n) is 11.0. The zero-order chi connectivity index (χ0) is 13.4. The lowest BCUT2D eigenvalue weighted by Gasteiger charge is -2.13. The van der Waals surface area contributed by atoms with Crippen molar-refractivity contribution in [2.45, 2.75) is 38.9 Å². The molecule has 0 aliphatic carbocycles.